The molecule has 0 aromatic heterocycles. The maximum atomic E-state index is 12.2. The van der Waals surface area contributed by atoms with Crippen LogP contribution in [0, 0.1) is 10.1 Å². The smallest absolute Gasteiger partial charge is 0.302 e. The molecule has 0 saturated heterocycles. The number of ether oxygens (including phenoxy) is 1. The molecule has 0 radical (unpaired) electrons. The van der Waals surface area contributed by atoms with Crippen LogP contribution in [0.1, 0.15) is 42.3 Å². The van der Waals surface area contributed by atoms with Gasteiger partial charge in [0.1, 0.15) is 0 Å². The Bertz CT molecular complexity index is 741. The molecule has 0 N–H and O–H groups in total. The number of hydrogen-bond donors (Lipinski definition) is 0. The third-order valence-corrected chi connectivity index (χ3v) is 3.30. The van der Waals surface area contributed by atoms with Crippen molar-refractivity contribution in [2.24, 2.45) is 0 Å². The van der Waals surface area contributed by atoms with Gasteiger partial charge in [-0.25, -0.2) is 0 Å². The Morgan fingerprint density at radius 1 is 1.04 bits per heavy atom. The molecular formula is C19H21NO5. The van der Waals surface area contributed by atoms with Crippen LogP contribution in [0.25, 0.3) is 0 Å². The molecule has 25 heavy (non-hydrogen) atoms. The zero-order valence-corrected chi connectivity index (χ0v) is 14.5. The summed E-state index contributed by atoms with van der Waals surface area (Å²) in [6.07, 6.45) is 0.520. The summed E-state index contributed by atoms with van der Waals surface area (Å²) in [6, 6.07) is 13.4. The molecule has 0 unspecified atom stereocenters. The van der Waals surface area contributed by atoms with E-state index in [1.165, 1.54) is 19.1 Å². The standard InChI is InChI=1S/C15H13NO3.C4H8O2/c1-2-11-10-13(8-9-14(11)16(18)19)15(17)12-6-4-3-5-7-12;1-3-6-4(2)5/h3-10H,2H2,1H3;3H2,1-2H3. The molecule has 0 fully saturated rings. The van der Waals surface area contributed by atoms with E-state index in [1.807, 2.05) is 13.0 Å². The quantitative estimate of drug-likeness (QED) is 0.355. The van der Waals surface area contributed by atoms with Crippen molar-refractivity contribution < 1.29 is 19.2 Å². The van der Waals surface area contributed by atoms with Gasteiger partial charge in [0.25, 0.3) is 5.69 Å². The predicted molar refractivity (Wildman–Crippen MR) is 94.7 cm³/mol. The van der Waals surface area contributed by atoms with E-state index in [0.717, 1.165) is 0 Å². The van der Waals surface area contributed by atoms with Crippen LogP contribution < -0.4 is 0 Å². The van der Waals surface area contributed by atoms with Gasteiger partial charge in [0.05, 0.1) is 11.5 Å². The number of nitro benzene ring substituents is 1. The Balaban J connectivity index is 0.000000450. The van der Waals surface area contributed by atoms with Gasteiger partial charge >= 0.3 is 5.97 Å². The zero-order valence-electron chi connectivity index (χ0n) is 14.5. The topological polar surface area (TPSA) is 86.5 Å². The molecule has 0 heterocycles. The molecule has 2 rings (SSSR count). The van der Waals surface area contributed by atoms with E-state index in [-0.39, 0.29) is 17.4 Å². The Morgan fingerprint density at radius 3 is 2.12 bits per heavy atom. The Labute approximate surface area is 146 Å². The largest absolute Gasteiger partial charge is 0.466 e. The van der Waals surface area contributed by atoms with E-state index < -0.39 is 4.92 Å². The van der Waals surface area contributed by atoms with Crippen LogP contribution in [0.15, 0.2) is 48.5 Å². The first-order valence-electron chi connectivity index (χ1n) is 7.91. The second kappa shape index (κ2) is 9.97. The maximum Gasteiger partial charge on any atom is 0.302 e. The maximum absolute atomic E-state index is 12.2. The zero-order chi connectivity index (χ0) is 18.8. The average Bonchev–Trinajstić information content (AvgIpc) is 2.61. The van der Waals surface area contributed by atoms with Gasteiger partial charge in [-0.15, -0.1) is 0 Å². The van der Waals surface area contributed by atoms with Gasteiger partial charge in [-0.1, -0.05) is 37.3 Å². The lowest BCUT2D eigenvalue weighted by Gasteiger charge is -2.04. The predicted octanol–water partition coefficient (Wildman–Crippen LogP) is 3.96. The molecule has 132 valence electrons. The van der Waals surface area contributed by atoms with E-state index >= 15 is 0 Å². The minimum absolute atomic E-state index is 0.0621. The van der Waals surface area contributed by atoms with Crippen LogP contribution in [0.4, 0.5) is 5.69 Å². The fourth-order valence-electron chi connectivity index (χ4n) is 2.15. The Morgan fingerprint density at radius 2 is 1.68 bits per heavy atom. The van der Waals surface area contributed by atoms with Crippen LogP contribution in [0.3, 0.4) is 0 Å². The molecule has 0 aliphatic carbocycles. The summed E-state index contributed by atoms with van der Waals surface area (Å²) in [5, 5.41) is 10.9. The lowest BCUT2D eigenvalue weighted by Crippen LogP contribution is -2.03. The van der Waals surface area contributed by atoms with Gasteiger partial charge in [-0.2, -0.15) is 0 Å². The van der Waals surface area contributed by atoms with Crippen molar-refractivity contribution in [2.45, 2.75) is 27.2 Å². The van der Waals surface area contributed by atoms with Crippen molar-refractivity contribution in [3.8, 4) is 0 Å². The number of rotatable bonds is 5. The van der Waals surface area contributed by atoms with E-state index in [4.69, 9.17) is 0 Å². The van der Waals surface area contributed by atoms with Crippen molar-refractivity contribution in [2.75, 3.05) is 6.61 Å². The van der Waals surface area contributed by atoms with E-state index in [1.54, 1.807) is 37.3 Å². The molecule has 6 heteroatoms. The van der Waals surface area contributed by atoms with Gasteiger partial charge in [0.15, 0.2) is 5.78 Å². The third kappa shape index (κ3) is 6.18. The highest BCUT2D eigenvalue weighted by molar-refractivity contribution is 6.09. The van der Waals surface area contributed by atoms with Crippen LogP contribution in [-0.4, -0.2) is 23.3 Å². The fourth-order valence-corrected chi connectivity index (χ4v) is 2.15. The van der Waals surface area contributed by atoms with Crippen molar-refractivity contribution in [1.29, 1.82) is 0 Å². The highest BCUT2D eigenvalue weighted by atomic mass is 16.6. The number of esters is 1. The first-order valence-corrected chi connectivity index (χ1v) is 7.91. The van der Waals surface area contributed by atoms with E-state index in [9.17, 15) is 19.7 Å². The second-order valence-electron chi connectivity index (χ2n) is 5.07. The number of carbonyl (C=O) groups excluding carboxylic acids is 2. The first kappa shape index (κ1) is 20.0. The van der Waals surface area contributed by atoms with Crippen LogP contribution in [0.2, 0.25) is 0 Å². The van der Waals surface area contributed by atoms with Crippen molar-refractivity contribution in [3.63, 3.8) is 0 Å². The minimum atomic E-state index is -0.421. The summed E-state index contributed by atoms with van der Waals surface area (Å²) in [5.41, 5.74) is 1.70. The normalized spacial score (nSPS) is 9.56. The number of aryl methyl sites for hydroxylation is 1. The van der Waals surface area contributed by atoms with Crippen LogP contribution >= 0.6 is 0 Å². The average molecular weight is 343 g/mol. The van der Waals surface area contributed by atoms with Crippen molar-refractivity contribution >= 4 is 17.4 Å². The molecule has 0 spiro atoms. The fraction of sp³-hybridized carbons (Fsp3) is 0.263. The summed E-state index contributed by atoms with van der Waals surface area (Å²) in [7, 11) is 0. The Hall–Kier alpha value is -3.02. The highest BCUT2D eigenvalue weighted by Gasteiger charge is 2.16. The molecule has 2 aromatic carbocycles. The molecule has 0 amide bonds. The number of ketones is 1. The van der Waals surface area contributed by atoms with Gasteiger partial charge < -0.3 is 4.74 Å². The number of nitro groups is 1. The summed E-state index contributed by atoms with van der Waals surface area (Å²) in [5.74, 6) is -0.331. The number of nitrogens with zero attached hydrogens (tertiary/aromatic N) is 1. The van der Waals surface area contributed by atoms with Gasteiger partial charge in [-0.05, 0) is 25.5 Å². The molecule has 2 aromatic rings. The summed E-state index contributed by atoms with van der Waals surface area (Å²) in [6.45, 7) is 5.49. The monoisotopic (exact) mass is 343 g/mol. The minimum Gasteiger partial charge on any atom is -0.466 e. The highest BCUT2D eigenvalue weighted by Crippen LogP contribution is 2.22. The summed E-state index contributed by atoms with van der Waals surface area (Å²) in [4.78, 5) is 32.5. The molecule has 0 saturated carbocycles. The van der Waals surface area contributed by atoms with Crippen LogP contribution in [0.5, 0.6) is 0 Å². The molecule has 0 atom stereocenters. The van der Waals surface area contributed by atoms with Gasteiger partial charge in [-0.3, -0.25) is 19.7 Å². The number of hydrogen-bond acceptors (Lipinski definition) is 5. The third-order valence-electron chi connectivity index (χ3n) is 3.30. The molecule has 0 bridgehead atoms. The number of benzene rings is 2. The lowest BCUT2D eigenvalue weighted by molar-refractivity contribution is -0.385. The van der Waals surface area contributed by atoms with Crippen molar-refractivity contribution in [3.05, 3.63) is 75.3 Å². The lowest BCUT2D eigenvalue weighted by atomic mass is 9.99. The van der Waals surface area contributed by atoms with E-state index in [0.29, 0.717) is 29.7 Å². The second-order valence-corrected chi connectivity index (χ2v) is 5.07. The van der Waals surface area contributed by atoms with Crippen molar-refractivity contribution in [1.82, 2.24) is 0 Å². The van der Waals surface area contributed by atoms with Gasteiger partial charge in [0, 0.05) is 29.7 Å². The van der Waals surface area contributed by atoms with Gasteiger partial charge in [0.2, 0.25) is 0 Å². The molecule has 0 aliphatic rings. The van der Waals surface area contributed by atoms with Crippen LogP contribution in [-0.2, 0) is 16.0 Å². The first-order chi connectivity index (χ1) is 11.9. The summed E-state index contributed by atoms with van der Waals surface area (Å²) < 4.78 is 4.40. The SMILES string of the molecule is CCOC(C)=O.CCc1cc(C(=O)c2ccccc2)ccc1[N+](=O)[O-]. The number of carbonyl (C=O) groups is 2. The van der Waals surface area contributed by atoms with E-state index in [2.05, 4.69) is 4.74 Å². The molecular weight excluding hydrogens is 322 g/mol. The molecule has 0 aliphatic heterocycles. The molecule has 6 nitrogen and oxygen atoms in total. The Kier molecular flexibility index (Phi) is 7.99. The summed E-state index contributed by atoms with van der Waals surface area (Å²) >= 11 is 0.